The van der Waals surface area contributed by atoms with Crippen molar-refractivity contribution >= 4 is 17.6 Å². The first-order valence-electron chi connectivity index (χ1n) is 5.88. The zero-order valence-corrected chi connectivity index (χ0v) is 10.5. The van der Waals surface area contributed by atoms with E-state index >= 15 is 0 Å². The number of carboxylic acid groups (broad SMARTS) is 1. The lowest BCUT2D eigenvalue weighted by Crippen LogP contribution is -2.14. The number of hydrogen-bond donors (Lipinski definition) is 2. The van der Waals surface area contributed by atoms with Crippen LogP contribution in [-0.2, 0) is 9.59 Å². The molecule has 1 amide bonds. The minimum Gasteiger partial charge on any atom is -0.481 e. The van der Waals surface area contributed by atoms with Crippen LogP contribution in [0.5, 0.6) is 0 Å². The number of anilines is 1. The van der Waals surface area contributed by atoms with Gasteiger partial charge in [-0.15, -0.1) is 0 Å². The van der Waals surface area contributed by atoms with Crippen molar-refractivity contribution in [3.8, 4) is 0 Å². The Kier molecular flexibility index (Phi) is 5.41. The van der Waals surface area contributed by atoms with Gasteiger partial charge in [0.1, 0.15) is 11.5 Å². The van der Waals surface area contributed by atoms with Gasteiger partial charge in [0.05, 0.1) is 0 Å². The van der Waals surface area contributed by atoms with Crippen molar-refractivity contribution in [1.29, 1.82) is 0 Å². The Morgan fingerprint density at radius 2 is 1.84 bits per heavy atom. The number of rotatable bonds is 6. The van der Waals surface area contributed by atoms with Crippen LogP contribution in [0.3, 0.4) is 0 Å². The molecule has 1 aromatic carbocycles. The highest BCUT2D eigenvalue weighted by atomic mass is 19.1. The summed E-state index contributed by atoms with van der Waals surface area (Å²) < 4.78 is 26.9. The van der Waals surface area contributed by atoms with Gasteiger partial charge in [0.25, 0.3) is 0 Å². The SMILES string of the molecule is Cc1ccc(F)c(NC(=O)CCCCC(=O)O)c1F. The van der Waals surface area contributed by atoms with Gasteiger partial charge < -0.3 is 10.4 Å². The molecule has 0 aromatic heterocycles. The Hall–Kier alpha value is -1.98. The number of halogens is 2. The second-order valence-corrected chi connectivity index (χ2v) is 4.20. The maximum absolute atomic E-state index is 13.6. The number of carboxylic acids is 1. The minimum atomic E-state index is -0.934. The fraction of sp³-hybridized carbons (Fsp3) is 0.385. The van der Waals surface area contributed by atoms with E-state index in [1.165, 1.54) is 13.0 Å². The van der Waals surface area contributed by atoms with E-state index in [0.29, 0.717) is 12.8 Å². The molecule has 19 heavy (non-hydrogen) atoms. The summed E-state index contributed by atoms with van der Waals surface area (Å²) in [6, 6.07) is 2.37. The Bertz CT molecular complexity index is 489. The van der Waals surface area contributed by atoms with Crippen LogP contribution in [0.1, 0.15) is 31.2 Å². The van der Waals surface area contributed by atoms with E-state index < -0.39 is 29.2 Å². The first kappa shape index (κ1) is 15.1. The molecule has 1 aromatic rings. The highest BCUT2D eigenvalue weighted by Gasteiger charge is 2.14. The van der Waals surface area contributed by atoms with Crippen molar-refractivity contribution in [1.82, 2.24) is 0 Å². The van der Waals surface area contributed by atoms with Gasteiger partial charge in [0, 0.05) is 12.8 Å². The van der Waals surface area contributed by atoms with Gasteiger partial charge in [0.15, 0.2) is 5.82 Å². The van der Waals surface area contributed by atoms with Crippen molar-refractivity contribution in [2.45, 2.75) is 32.6 Å². The third kappa shape index (κ3) is 4.65. The fourth-order valence-corrected chi connectivity index (χ4v) is 1.53. The summed E-state index contributed by atoms with van der Waals surface area (Å²) >= 11 is 0. The minimum absolute atomic E-state index is 0.0273. The number of nitrogens with one attached hydrogen (secondary N) is 1. The largest absolute Gasteiger partial charge is 0.481 e. The predicted octanol–water partition coefficient (Wildman–Crippen LogP) is 2.86. The first-order chi connectivity index (χ1) is 8.91. The maximum Gasteiger partial charge on any atom is 0.303 e. The summed E-state index contributed by atoms with van der Waals surface area (Å²) in [5.41, 5.74) is -0.217. The van der Waals surface area contributed by atoms with E-state index in [1.54, 1.807) is 0 Å². The average molecular weight is 271 g/mol. The van der Waals surface area contributed by atoms with Gasteiger partial charge in [-0.05, 0) is 31.4 Å². The predicted molar refractivity (Wildman–Crippen MR) is 65.8 cm³/mol. The Morgan fingerprint density at radius 3 is 2.47 bits per heavy atom. The number of hydrogen-bond acceptors (Lipinski definition) is 2. The highest BCUT2D eigenvalue weighted by molar-refractivity contribution is 5.91. The molecule has 4 nitrogen and oxygen atoms in total. The number of carbonyl (C=O) groups is 2. The van der Waals surface area contributed by atoms with E-state index in [0.717, 1.165) is 6.07 Å². The van der Waals surface area contributed by atoms with Gasteiger partial charge in [-0.25, -0.2) is 8.78 Å². The number of aryl methyl sites for hydroxylation is 1. The van der Waals surface area contributed by atoms with Crippen molar-refractivity contribution < 1.29 is 23.5 Å². The molecule has 104 valence electrons. The van der Waals surface area contributed by atoms with Crippen molar-refractivity contribution in [3.05, 3.63) is 29.3 Å². The third-order valence-corrected chi connectivity index (χ3v) is 2.59. The van der Waals surface area contributed by atoms with Crippen molar-refractivity contribution in [2.24, 2.45) is 0 Å². The summed E-state index contributed by atoms with van der Waals surface area (Å²) in [4.78, 5) is 21.7. The molecular formula is C13H15F2NO3. The van der Waals surface area contributed by atoms with Crippen LogP contribution < -0.4 is 5.32 Å². The molecule has 0 aliphatic carbocycles. The van der Waals surface area contributed by atoms with Crippen LogP contribution in [-0.4, -0.2) is 17.0 Å². The molecule has 0 heterocycles. The lowest BCUT2D eigenvalue weighted by Gasteiger charge is -2.09. The quantitative estimate of drug-likeness (QED) is 0.782. The second-order valence-electron chi connectivity index (χ2n) is 4.20. The van der Waals surface area contributed by atoms with E-state index in [-0.39, 0.29) is 18.4 Å². The zero-order chi connectivity index (χ0) is 14.4. The maximum atomic E-state index is 13.6. The molecule has 2 N–H and O–H groups in total. The topological polar surface area (TPSA) is 66.4 Å². The Morgan fingerprint density at radius 1 is 1.21 bits per heavy atom. The summed E-state index contributed by atoms with van der Waals surface area (Å²) in [7, 11) is 0. The summed E-state index contributed by atoms with van der Waals surface area (Å²) in [6.45, 7) is 1.47. The van der Waals surface area contributed by atoms with Gasteiger partial charge in [-0.3, -0.25) is 9.59 Å². The Balaban J connectivity index is 2.53. The van der Waals surface area contributed by atoms with E-state index in [9.17, 15) is 18.4 Å². The highest BCUT2D eigenvalue weighted by Crippen LogP contribution is 2.21. The summed E-state index contributed by atoms with van der Waals surface area (Å²) in [5.74, 6) is -3.09. The molecule has 1 rings (SSSR count). The van der Waals surface area contributed by atoms with Crippen LogP contribution in [0.2, 0.25) is 0 Å². The number of aliphatic carboxylic acids is 1. The molecule has 6 heteroatoms. The number of carbonyl (C=O) groups excluding carboxylic acids is 1. The van der Waals surface area contributed by atoms with Crippen molar-refractivity contribution in [2.75, 3.05) is 5.32 Å². The van der Waals surface area contributed by atoms with Crippen LogP contribution in [0, 0.1) is 18.6 Å². The van der Waals surface area contributed by atoms with Gasteiger partial charge in [-0.2, -0.15) is 0 Å². The van der Waals surface area contributed by atoms with Gasteiger partial charge in [-0.1, -0.05) is 6.07 Å². The van der Waals surface area contributed by atoms with E-state index in [1.807, 2.05) is 0 Å². The molecule has 0 unspecified atom stereocenters. The number of benzene rings is 1. The second kappa shape index (κ2) is 6.82. The van der Waals surface area contributed by atoms with E-state index in [2.05, 4.69) is 5.32 Å². The first-order valence-corrected chi connectivity index (χ1v) is 5.88. The normalized spacial score (nSPS) is 10.3. The summed E-state index contributed by atoms with van der Waals surface area (Å²) in [5, 5.41) is 10.6. The molecule has 0 spiro atoms. The van der Waals surface area contributed by atoms with Gasteiger partial charge in [0.2, 0.25) is 5.91 Å². The molecular weight excluding hydrogens is 256 g/mol. The van der Waals surface area contributed by atoms with Crippen LogP contribution in [0.15, 0.2) is 12.1 Å². The molecule has 0 radical (unpaired) electrons. The molecule has 0 fully saturated rings. The zero-order valence-electron chi connectivity index (χ0n) is 10.5. The number of unbranched alkanes of at least 4 members (excludes halogenated alkanes) is 1. The van der Waals surface area contributed by atoms with Crippen LogP contribution in [0.25, 0.3) is 0 Å². The molecule has 0 bridgehead atoms. The standard InChI is InChI=1S/C13H15F2NO3/c1-8-6-7-9(14)13(12(8)15)16-10(17)4-2-3-5-11(18)19/h6-7H,2-5H2,1H3,(H,16,17)(H,18,19). The van der Waals surface area contributed by atoms with Crippen LogP contribution in [0.4, 0.5) is 14.5 Å². The van der Waals surface area contributed by atoms with Crippen molar-refractivity contribution in [3.63, 3.8) is 0 Å². The van der Waals surface area contributed by atoms with E-state index in [4.69, 9.17) is 5.11 Å². The molecule has 0 aliphatic rings. The molecule has 0 saturated heterocycles. The molecule has 0 saturated carbocycles. The lowest BCUT2D eigenvalue weighted by molar-refractivity contribution is -0.137. The van der Waals surface area contributed by atoms with Crippen LogP contribution >= 0.6 is 0 Å². The average Bonchev–Trinajstić information content (AvgIpc) is 2.35. The lowest BCUT2D eigenvalue weighted by atomic mass is 10.1. The third-order valence-electron chi connectivity index (χ3n) is 2.59. The fourth-order valence-electron chi connectivity index (χ4n) is 1.53. The summed E-state index contributed by atoms with van der Waals surface area (Å²) in [6.07, 6.45) is 0.704. The Labute approximate surface area is 109 Å². The van der Waals surface area contributed by atoms with Gasteiger partial charge >= 0.3 is 5.97 Å². The molecule has 0 atom stereocenters. The smallest absolute Gasteiger partial charge is 0.303 e. The number of amides is 1. The molecule has 0 aliphatic heterocycles. The monoisotopic (exact) mass is 271 g/mol.